The highest BCUT2D eigenvalue weighted by Gasteiger charge is 2.21. The Morgan fingerprint density at radius 3 is 3.12 bits per heavy atom. The summed E-state index contributed by atoms with van der Waals surface area (Å²) in [5.74, 6) is 0.793. The maximum atomic E-state index is 4.63. The molecule has 2 rings (SSSR count). The molecule has 1 saturated heterocycles. The van der Waals surface area contributed by atoms with Gasteiger partial charge in [0, 0.05) is 32.1 Å². The third-order valence-electron chi connectivity index (χ3n) is 3.25. The van der Waals surface area contributed by atoms with Crippen molar-refractivity contribution >= 4 is 16.5 Å². The summed E-state index contributed by atoms with van der Waals surface area (Å²) >= 11 is 1.74. The molecule has 1 aromatic heterocycles. The molecular weight excluding hydrogens is 232 g/mol. The number of hydrogen-bond donors (Lipinski definition) is 1. The van der Waals surface area contributed by atoms with E-state index in [-0.39, 0.29) is 0 Å². The molecule has 0 bridgehead atoms. The minimum atomic E-state index is 0.793. The Morgan fingerprint density at radius 1 is 1.65 bits per heavy atom. The van der Waals surface area contributed by atoms with Crippen molar-refractivity contribution in [1.29, 1.82) is 0 Å². The molecule has 0 aliphatic carbocycles. The van der Waals surface area contributed by atoms with E-state index in [0.717, 1.165) is 29.8 Å². The smallest absolute Gasteiger partial charge is 0.185 e. The zero-order valence-electron chi connectivity index (χ0n) is 10.9. The van der Waals surface area contributed by atoms with Gasteiger partial charge in [-0.15, -0.1) is 11.3 Å². The number of aromatic nitrogens is 1. The van der Waals surface area contributed by atoms with E-state index in [1.807, 2.05) is 7.05 Å². The minimum Gasteiger partial charge on any atom is -0.351 e. The van der Waals surface area contributed by atoms with Gasteiger partial charge >= 0.3 is 0 Å². The summed E-state index contributed by atoms with van der Waals surface area (Å²) in [5.41, 5.74) is 1.14. The lowest BCUT2D eigenvalue weighted by atomic mass is 10.1. The Morgan fingerprint density at radius 2 is 2.47 bits per heavy atom. The molecule has 0 aromatic carbocycles. The molecule has 1 aliphatic heterocycles. The third kappa shape index (κ3) is 3.40. The van der Waals surface area contributed by atoms with Crippen molar-refractivity contribution in [2.24, 2.45) is 5.92 Å². The van der Waals surface area contributed by atoms with Gasteiger partial charge in [0.2, 0.25) is 0 Å². The highest BCUT2D eigenvalue weighted by atomic mass is 32.1. The van der Waals surface area contributed by atoms with Crippen molar-refractivity contribution in [3.63, 3.8) is 0 Å². The van der Waals surface area contributed by atoms with E-state index in [2.05, 4.69) is 39.6 Å². The molecule has 0 amide bonds. The third-order valence-corrected chi connectivity index (χ3v) is 4.25. The molecule has 2 heterocycles. The largest absolute Gasteiger partial charge is 0.351 e. The van der Waals surface area contributed by atoms with Gasteiger partial charge < -0.3 is 15.1 Å². The van der Waals surface area contributed by atoms with E-state index >= 15 is 0 Å². The summed E-state index contributed by atoms with van der Waals surface area (Å²) in [7, 11) is 6.31. The highest BCUT2D eigenvalue weighted by Crippen LogP contribution is 2.22. The number of thiazole rings is 1. The Kier molecular flexibility index (Phi) is 4.36. The van der Waals surface area contributed by atoms with Crippen molar-refractivity contribution < 1.29 is 0 Å². The van der Waals surface area contributed by atoms with E-state index in [9.17, 15) is 0 Å². The van der Waals surface area contributed by atoms with E-state index in [1.54, 1.807) is 11.3 Å². The van der Waals surface area contributed by atoms with Gasteiger partial charge in [0.15, 0.2) is 5.13 Å². The number of likely N-dealkylation sites (tertiary alicyclic amines) is 1. The van der Waals surface area contributed by atoms with Crippen molar-refractivity contribution in [2.75, 3.05) is 45.7 Å². The van der Waals surface area contributed by atoms with Crippen LogP contribution in [0.3, 0.4) is 0 Å². The Hall–Kier alpha value is -0.650. The van der Waals surface area contributed by atoms with Crippen molar-refractivity contribution in [2.45, 2.75) is 13.0 Å². The average Bonchev–Trinajstić information content (AvgIpc) is 2.88. The summed E-state index contributed by atoms with van der Waals surface area (Å²) in [4.78, 5) is 9.34. The first kappa shape index (κ1) is 12.8. The van der Waals surface area contributed by atoms with E-state index < -0.39 is 0 Å². The SMILES string of the molecule is CNCc1csc(N(C)CC2CCN(C)C2)n1. The summed E-state index contributed by atoms with van der Waals surface area (Å²) in [6, 6.07) is 0. The monoisotopic (exact) mass is 254 g/mol. The maximum Gasteiger partial charge on any atom is 0.185 e. The molecule has 1 N–H and O–H groups in total. The van der Waals surface area contributed by atoms with Crippen LogP contribution in [-0.4, -0.2) is 50.7 Å². The number of rotatable bonds is 5. The summed E-state index contributed by atoms with van der Waals surface area (Å²) in [6.45, 7) is 4.44. The molecule has 1 unspecified atom stereocenters. The lowest BCUT2D eigenvalue weighted by Crippen LogP contribution is -2.27. The van der Waals surface area contributed by atoms with Gasteiger partial charge in [-0.05, 0) is 33.0 Å². The second-order valence-electron chi connectivity index (χ2n) is 4.95. The fraction of sp³-hybridized carbons (Fsp3) is 0.750. The first-order valence-electron chi connectivity index (χ1n) is 6.17. The summed E-state index contributed by atoms with van der Waals surface area (Å²) in [5, 5.41) is 6.42. The Bertz CT molecular complexity index is 352. The van der Waals surface area contributed by atoms with Crippen LogP contribution in [0.1, 0.15) is 12.1 Å². The lowest BCUT2D eigenvalue weighted by molar-refractivity contribution is 0.396. The number of nitrogens with zero attached hydrogens (tertiary/aromatic N) is 3. The molecule has 0 spiro atoms. The molecule has 1 atom stereocenters. The summed E-state index contributed by atoms with van der Waals surface area (Å²) < 4.78 is 0. The number of anilines is 1. The van der Waals surface area contributed by atoms with Gasteiger partial charge in [0.1, 0.15) is 0 Å². The molecule has 1 aliphatic rings. The molecular formula is C12H22N4S. The Labute approximate surface area is 108 Å². The van der Waals surface area contributed by atoms with E-state index in [4.69, 9.17) is 0 Å². The topological polar surface area (TPSA) is 31.4 Å². The van der Waals surface area contributed by atoms with Crippen LogP contribution in [0, 0.1) is 5.92 Å². The van der Waals surface area contributed by atoms with Crippen LogP contribution in [0.2, 0.25) is 0 Å². The van der Waals surface area contributed by atoms with Crippen LogP contribution in [0.25, 0.3) is 0 Å². The maximum absolute atomic E-state index is 4.63. The molecule has 96 valence electrons. The predicted molar refractivity (Wildman–Crippen MR) is 73.8 cm³/mol. The van der Waals surface area contributed by atoms with Crippen LogP contribution in [0.4, 0.5) is 5.13 Å². The minimum absolute atomic E-state index is 0.793. The highest BCUT2D eigenvalue weighted by molar-refractivity contribution is 7.13. The molecule has 5 heteroatoms. The Balaban J connectivity index is 1.87. The second kappa shape index (κ2) is 5.80. The predicted octanol–water partition coefficient (Wildman–Crippen LogP) is 1.25. The number of nitrogens with one attached hydrogen (secondary N) is 1. The molecule has 17 heavy (non-hydrogen) atoms. The second-order valence-corrected chi connectivity index (χ2v) is 5.79. The van der Waals surface area contributed by atoms with Gasteiger partial charge in [-0.2, -0.15) is 0 Å². The zero-order valence-corrected chi connectivity index (χ0v) is 11.8. The zero-order chi connectivity index (χ0) is 12.3. The van der Waals surface area contributed by atoms with Crippen molar-refractivity contribution in [3.05, 3.63) is 11.1 Å². The summed E-state index contributed by atoms with van der Waals surface area (Å²) in [6.07, 6.45) is 1.32. The van der Waals surface area contributed by atoms with Crippen LogP contribution < -0.4 is 10.2 Å². The normalized spacial score (nSPS) is 21.0. The molecule has 1 fully saturated rings. The average molecular weight is 254 g/mol. The van der Waals surface area contributed by atoms with Crippen LogP contribution in [-0.2, 0) is 6.54 Å². The van der Waals surface area contributed by atoms with Crippen molar-refractivity contribution in [3.8, 4) is 0 Å². The fourth-order valence-corrected chi connectivity index (χ4v) is 3.18. The van der Waals surface area contributed by atoms with Gasteiger partial charge in [-0.1, -0.05) is 0 Å². The van der Waals surface area contributed by atoms with E-state index in [0.29, 0.717) is 0 Å². The number of hydrogen-bond acceptors (Lipinski definition) is 5. The molecule has 1 aromatic rings. The molecule has 0 radical (unpaired) electrons. The first-order chi connectivity index (χ1) is 8.19. The first-order valence-corrected chi connectivity index (χ1v) is 7.05. The van der Waals surface area contributed by atoms with Gasteiger partial charge in [0.05, 0.1) is 5.69 Å². The van der Waals surface area contributed by atoms with Gasteiger partial charge in [-0.3, -0.25) is 0 Å². The fourth-order valence-electron chi connectivity index (χ4n) is 2.37. The standard InChI is InChI=1S/C12H22N4S/c1-13-6-11-9-17-12(14-11)16(3)8-10-4-5-15(2)7-10/h9-10,13H,4-8H2,1-3H3. The quantitative estimate of drug-likeness (QED) is 0.857. The van der Waals surface area contributed by atoms with Gasteiger partial charge in [0.25, 0.3) is 0 Å². The van der Waals surface area contributed by atoms with Crippen molar-refractivity contribution in [1.82, 2.24) is 15.2 Å². The van der Waals surface area contributed by atoms with Gasteiger partial charge in [-0.25, -0.2) is 4.98 Å². The lowest BCUT2D eigenvalue weighted by Gasteiger charge is -2.20. The van der Waals surface area contributed by atoms with Crippen LogP contribution in [0.15, 0.2) is 5.38 Å². The van der Waals surface area contributed by atoms with Crippen LogP contribution in [0.5, 0.6) is 0 Å². The molecule has 4 nitrogen and oxygen atoms in total. The van der Waals surface area contributed by atoms with Crippen LogP contribution >= 0.6 is 11.3 Å². The molecule has 0 saturated carbocycles. The van der Waals surface area contributed by atoms with E-state index in [1.165, 1.54) is 19.5 Å².